The van der Waals surface area contributed by atoms with Crippen molar-refractivity contribution >= 4 is 11.9 Å². The number of carbonyl (C=O) groups is 2. The van der Waals surface area contributed by atoms with Crippen molar-refractivity contribution in [3.63, 3.8) is 0 Å². The largest absolute Gasteiger partial charge is 0.508 e. The van der Waals surface area contributed by atoms with Crippen LogP contribution in [0, 0.1) is 0 Å². The van der Waals surface area contributed by atoms with Gasteiger partial charge in [0.25, 0.3) is 0 Å². The summed E-state index contributed by atoms with van der Waals surface area (Å²) < 4.78 is 0. The molecule has 0 aliphatic carbocycles. The number of phenolic OH excluding ortho intramolecular Hbond substituents is 1. The summed E-state index contributed by atoms with van der Waals surface area (Å²) in [5.74, 6) is -1.71. The Kier molecular flexibility index (Phi) is 5.99. The zero-order valence-electron chi connectivity index (χ0n) is 11.4. The molecular weight excluding hydrogens is 262 g/mol. The Balaban J connectivity index is 2.79. The average molecular weight is 281 g/mol. The van der Waals surface area contributed by atoms with Crippen molar-refractivity contribution in [3.8, 4) is 5.75 Å². The fraction of sp³-hybridized carbons (Fsp3) is 0.429. The van der Waals surface area contributed by atoms with Gasteiger partial charge in [-0.3, -0.25) is 14.5 Å². The molecule has 3 N–H and O–H groups in total. The first kappa shape index (κ1) is 16.0. The van der Waals surface area contributed by atoms with Crippen LogP contribution in [0.25, 0.3) is 0 Å². The smallest absolute Gasteiger partial charge is 0.317 e. The maximum absolute atomic E-state index is 10.7. The third-order valence-electron chi connectivity index (χ3n) is 2.97. The molecule has 0 saturated carbocycles. The molecule has 0 radical (unpaired) electrons. The Morgan fingerprint density at radius 3 is 2.45 bits per heavy atom. The highest BCUT2D eigenvalue weighted by Gasteiger charge is 2.11. The second-order valence-corrected chi connectivity index (χ2v) is 4.55. The number of carboxylic acid groups (broad SMARTS) is 2. The summed E-state index contributed by atoms with van der Waals surface area (Å²) in [6, 6.07) is 4.92. The van der Waals surface area contributed by atoms with Gasteiger partial charge in [-0.15, -0.1) is 0 Å². The lowest BCUT2D eigenvalue weighted by Crippen LogP contribution is -2.29. The van der Waals surface area contributed by atoms with Crippen molar-refractivity contribution in [1.29, 1.82) is 0 Å². The third-order valence-corrected chi connectivity index (χ3v) is 2.97. The van der Waals surface area contributed by atoms with E-state index in [1.165, 1.54) is 6.07 Å². The fourth-order valence-electron chi connectivity index (χ4n) is 1.88. The number of phenols is 1. The number of aryl methyl sites for hydroxylation is 1. The van der Waals surface area contributed by atoms with E-state index in [0.717, 1.165) is 5.56 Å². The Morgan fingerprint density at radius 1 is 1.20 bits per heavy atom. The topological polar surface area (TPSA) is 98.1 Å². The van der Waals surface area contributed by atoms with Crippen LogP contribution in [0.2, 0.25) is 0 Å². The lowest BCUT2D eigenvalue weighted by Gasteiger charge is -2.19. The van der Waals surface area contributed by atoms with Gasteiger partial charge in [-0.05, 0) is 24.6 Å². The van der Waals surface area contributed by atoms with Gasteiger partial charge in [0.2, 0.25) is 0 Å². The molecule has 1 aromatic rings. The molecule has 0 unspecified atom stereocenters. The van der Waals surface area contributed by atoms with Gasteiger partial charge in [-0.1, -0.05) is 19.1 Å². The SMILES string of the molecule is CCN(CC(=O)O)Cc1cc(CCC(=O)O)ccc1O. The summed E-state index contributed by atoms with van der Waals surface area (Å²) in [4.78, 5) is 22.9. The van der Waals surface area contributed by atoms with Gasteiger partial charge in [0.05, 0.1) is 6.54 Å². The van der Waals surface area contributed by atoms with E-state index >= 15 is 0 Å². The van der Waals surface area contributed by atoms with E-state index in [9.17, 15) is 14.7 Å². The minimum absolute atomic E-state index is 0.0246. The number of carboxylic acids is 2. The second-order valence-electron chi connectivity index (χ2n) is 4.55. The minimum Gasteiger partial charge on any atom is -0.508 e. The fourth-order valence-corrected chi connectivity index (χ4v) is 1.88. The molecule has 0 amide bonds. The van der Waals surface area contributed by atoms with E-state index in [2.05, 4.69) is 0 Å². The normalized spacial score (nSPS) is 10.7. The Hall–Kier alpha value is -2.08. The number of nitrogens with zero attached hydrogens (tertiary/aromatic N) is 1. The van der Waals surface area contributed by atoms with Crippen LogP contribution in [0.1, 0.15) is 24.5 Å². The maximum Gasteiger partial charge on any atom is 0.317 e. The summed E-state index contributed by atoms with van der Waals surface area (Å²) in [5.41, 5.74) is 1.42. The zero-order chi connectivity index (χ0) is 15.1. The van der Waals surface area contributed by atoms with Gasteiger partial charge in [0.1, 0.15) is 5.75 Å². The number of benzene rings is 1. The molecule has 0 spiro atoms. The predicted molar refractivity (Wildman–Crippen MR) is 72.7 cm³/mol. The molecule has 110 valence electrons. The molecule has 1 rings (SSSR count). The Bertz CT molecular complexity index is 486. The molecule has 0 saturated heterocycles. The molecule has 0 aliphatic heterocycles. The molecule has 0 aromatic heterocycles. The standard InChI is InChI=1S/C14H19NO5/c1-2-15(9-14(19)20)8-11-7-10(3-5-12(11)16)4-6-13(17)18/h3,5,7,16H,2,4,6,8-9H2,1H3,(H,17,18)(H,19,20). The van der Waals surface area contributed by atoms with Crippen LogP contribution < -0.4 is 0 Å². The van der Waals surface area contributed by atoms with Crippen molar-refractivity contribution in [2.24, 2.45) is 0 Å². The van der Waals surface area contributed by atoms with Gasteiger partial charge in [-0.25, -0.2) is 0 Å². The summed E-state index contributed by atoms with van der Waals surface area (Å²) in [7, 11) is 0. The van der Waals surface area contributed by atoms with Crippen molar-refractivity contribution in [3.05, 3.63) is 29.3 Å². The molecule has 20 heavy (non-hydrogen) atoms. The monoisotopic (exact) mass is 281 g/mol. The number of hydrogen-bond donors (Lipinski definition) is 3. The van der Waals surface area contributed by atoms with Gasteiger partial charge in [-0.2, -0.15) is 0 Å². The van der Waals surface area contributed by atoms with Crippen molar-refractivity contribution in [2.45, 2.75) is 26.3 Å². The van der Waals surface area contributed by atoms with E-state index in [0.29, 0.717) is 25.1 Å². The summed E-state index contributed by atoms with van der Waals surface area (Å²) in [5, 5.41) is 27.3. The van der Waals surface area contributed by atoms with Crippen molar-refractivity contribution in [1.82, 2.24) is 4.90 Å². The van der Waals surface area contributed by atoms with Crippen LogP contribution in [0.3, 0.4) is 0 Å². The molecule has 6 nitrogen and oxygen atoms in total. The number of rotatable bonds is 8. The molecule has 1 aromatic carbocycles. The van der Waals surface area contributed by atoms with Crippen LogP contribution in [-0.2, 0) is 22.6 Å². The zero-order valence-corrected chi connectivity index (χ0v) is 11.4. The van der Waals surface area contributed by atoms with Gasteiger partial charge in [0.15, 0.2) is 0 Å². The first-order chi connectivity index (χ1) is 9.42. The Labute approximate surface area is 117 Å². The first-order valence-corrected chi connectivity index (χ1v) is 6.39. The summed E-state index contributed by atoms with van der Waals surface area (Å²) in [6.07, 6.45) is 0.407. The minimum atomic E-state index is -0.923. The van der Waals surface area contributed by atoms with Crippen LogP contribution >= 0.6 is 0 Å². The Morgan fingerprint density at radius 2 is 1.90 bits per heavy atom. The predicted octanol–water partition coefficient (Wildman–Crippen LogP) is 1.32. The molecule has 0 aliphatic rings. The van der Waals surface area contributed by atoms with E-state index in [4.69, 9.17) is 10.2 Å². The van der Waals surface area contributed by atoms with Gasteiger partial charge < -0.3 is 15.3 Å². The summed E-state index contributed by atoms with van der Waals surface area (Å²) >= 11 is 0. The quantitative estimate of drug-likeness (QED) is 0.664. The van der Waals surface area contributed by atoms with Gasteiger partial charge >= 0.3 is 11.9 Å². The van der Waals surface area contributed by atoms with E-state index in [1.54, 1.807) is 17.0 Å². The van der Waals surface area contributed by atoms with Crippen LogP contribution in [-0.4, -0.2) is 45.2 Å². The molecule has 6 heteroatoms. The number of aliphatic carboxylic acids is 2. The summed E-state index contributed by atoms with van der Waals surface area (Å²) in [6.45, 7) is 2.60. The average Bonchev–Trinajstić information content (AvgIpc) is 2.38. The lowest BCUT2D eigenvalue weighted by atomic mass is 10.0. The highest BCUT2D eigenvalue weighted by Crippen LogP contribution is 2.21. The van der Waals surface area contributed by atoms with E-state index in [1.807, 2.05) is 6.92 Å². The number of likely N-dealkylation sites (N-methyl/N-ethyl adjacent to an activating group) is 1. The van der Waals surface area contributed by atoms with Gasteiger partial charge in [0, 0.05) is 18.5 Å². The molecular formula is C14H19NO5. The number of aromatic hydroxyl groups is 1. The highest BCUT2D eigenvalue weighted by atomic mass is 16.4. The van der Waals surface area contributed by atoms with Crippen LogP contribution in [0.5, 0.6) is 5.75 Å². The maximum atomic E-state index is 10.7. The molecule has 0 atom stereocenters. The first-order valence-electron chi connectivity index (χ1n) is 6.39. The van der Waals surface area contributed by atoms with Crippen LogP contribution in [0.15, 0.2) is 18.2 Å². The molecule has 0 heterocycles. The van der Waals surface area contributed by atoms with Crippen molar-refractivity contribution < 1.29 is 24.9 Å². The molecule has 0 bridgehead atoms. The number of hydrogen-bond acceptors (Lipinski definition) is 4. The van der Waals surface area contributed by atoms with E-state index < -0.39 is 11.9 Å². The highest BCUT2D eigenvalue weighted by molar-refractivity contribution is 5.69. The van der Waals surface area contributed by atoms with Crippen molar-refractivity contribution in [2.75, 3.05) is 13.1 Å². The van der Waals surface area contributed by atoms with E-state index in [-0.39, 0.29) is 18.7 Å². The molecule has 0 fully saturated rings. The lowest BCUT2D eigenvalue weighted by molar-refractivity contribution is -0.138. The van der Waals surface area contributed by atoms with Crippen LogP contribution in [0.4, 0.5) is 0 Å². The second kappa shape index (κ2) is 7.49. The third kappa shape index (κ3) is 5.27.